The minimum atomic E-state index is -0.422. The van der Waals surface area contributed by atoms with Gasteiger partial charge in [-0.1, -0.05) is 11.6 Å². The van der Waals surface area contributed by atoms with Crippen molar-refractivity contribution in [3.63, 3.8) is 0 Å². The van der Waals surface area contributed by atoms with E-state index in [0.717, 1.165) is 19.4 Å². The van der Waals surface area contributed by atoms with Crippen molar-refractivity contribution in [2.45, 2.75) is 18.9 Å². The van der Waals surface area contributed by atoms with Gasteiger partial charge in [-0.2, -0.15) is 0 Å². The summed E-state index contributed by atoms with van der Waals surface area (Å²) >= 11 is 5.76. The highest BCUT2D eigenvalue weighted by molar-refractivity contribution is 6.31. The molecule has 0 radical (unpaired) electrons. The summed E-state index contributed by atoms with van der Waals surface area (Å²) in [6, 6.07) is 4.73. The van der Waals surface area contributed by atoms with E-state index in [0.29, 0.717) is 22.9 Å². The van der Waals surface area contributed by atoms with Crippen LogP contribution in [0, 0.1) is 0 Å². The second kappa shape index (κ2) is 5.38. The number of nitrogens with two attached hydrogens (primary N) is 1. The maximum absolute atomic E-state index is 11.8. The van der Waals surface area contributed by atoms with E-state index >= 15 is 0 Å². The predicted molar refractivity (Wildman–Crippen MR) is 65.1 cm³/mol. The molecule has 4 nitrogen and oxygen atoms in total. The van der Waals surface area contributed by atoms with E-state index < -0.39 is 5.97 Å². The molecule has 17 heavy (non-hydrogen) atoms. The average Bonchev–Trinajstić information content (AvgIpc) is 2.30. The van der Waals surface area contributed by atoms with Crippen molar-refractivity contribution < 1.29 is 14.3 Å². The van der Waals surface area contributed by atoms with E-state index in [4.69, 9.17) is 26.8 Å². The minimum Gasteiger partial charge on any atom is -0.456 e. The Hall–Kier alpha value is -1.26. The highest BCUT2D eigenvalue weighted by Crippen LogP contribution is 2.20. The predicted octanol–water partition coefficient (Wildman–Crippen LogP) is 2.26. The molecule has 0 amide bonds. The number of esters is 1. The van der Waals surface area contributed by atoms with E-state index in [2.05, 4.69) is 0 Å². The van der Waals surface area contributed by atoms with Crippen molar-refractivity contribution in [2.24, 2.45) is 0 Å². The van der Waals surface area contributed by atoms with Gasteiger partial charge >= 0.3 is 5.97 Å². The zero-order valence-electron chi connectivity index (χ0n) is 9.32. The van der Waals surface area contributed by atoms with Crippen molar-refractivity contribution in [3.05, 3.63) is 28.8 Å². The molecule has 1 aliphatic heterocycles. The van der Waals surface area contributed by atoms with E-state index in [1.807, 2.05) is 0 Å². The number of nitrogen functional groups attached to an aromatic ring is 1. The molecule has 2 rings (SSSR count). The van der Waals surface area contributed by atoms with Gasteiger partial charge in [0.05, 0.1) is 12.2 Å². The Morgan fingerprint density at radius 2 is 2.35 bits per heavy atom. The molecule has 1 heterocycles. The third kappa shape index (κ3) is 3.11. The molecule has 92 valence electrons. The van der Waals surface area contributed by atoms with Crippen LogP contribution in [0.4, 0.5) is 5.69 Å². The second-order valence-electron chi connectivity index (χ2n) is 3.98. The van der Waals surface area contributed by atoms with E-state index in [1.165, 1.54) is 6.07 Å². The van der Waals surface area contributed by atoms with Crippen LogP contribution in [0.25, 0.3) is 0 Å². The molecular weight excluding hydrogens is 242 g/mol. The molecule has 1 aromatic carbocycles. The second-order valence-corrected chi connectivity index (χ2v) is 4.41. The molecular formula is C12H14ClNO3. The summed E-state index contributed by atoms with van der Waals surface area (Å²) in [6.07, 6.45) is 1.57. The van der Waals surface area contributed by atoms with Gasteiger partial charge in [0.25, 0.3) is 0 Å². The van der Waals surface area contributed by atoms with Gasteiger partial charge in [-0.3, -0.25) is 0 Å². The van der Waals surface area contributed by atoms with Gasteiger partial charge in [0.15, 0.2) is 0 Å². The molecule has 1 atom stereocenters. The summed E-state index contributed by atoms with van der Waals surface area (Å²) in [7, 11) is 0. The molecule has 1 fully saturated rings. The molecule has 1 aromatic rings. The lowest BCUT2D eigenvalue weighted by molar-refractivity contribution is -0.0305. The summed E-state index contributed by atoms with van der Waals surface area (Å²) < 4.78 is 10.5. The number of ether oxygens (including phenoxy) is 2. The van der Waals surface area contributed by atoms with Crippen molar-refractivity contribution in [2.75, 3.05) is 18.9 Å². The highest BCUT2D eigenvalue weighted by atomic mass is 35.5. The van der Waals surface area contributed by atoms with Crippen LogP contribution in [0.1, 0.15) is 23.2 Å². The zero-order valence-corrected chi connectivity index (χ0v) is 10.1. The molecule has 0 saturated carbocycles. The van der Waals surface area contributed by atoms with E-state index in [1.54, 1.807) is 12.1 Å². The normalized spacial score (nSPS) is 19.9. The van der Waals surface area contributed by atoms with Crippen LogP contribution in [-0.4, -0.2) is 25.3 Å². The number of benzene rings is 1. The Bertz CT molecular complexity index is 416. The van der Waals surface area contributed by atoms with Gasteiger partial charge < -0.3 is 15.2 Å². The number of carbonyl (C=O) groups excluding carboxylic acids is 1. The van der Waals surface area contributed by atoms with Crippen LogP contribution < -0.4 is 5.73 Å². The van der Waals surface area contributed by atoms with Crippen LogP contribution in [0.5, 0.6) is 0 Å². The lowest BCUT2D eigenvalue weighted by atomic mass is 10.1. The molecule has 1 unspecified atom stereocenters. The maximum Gasteiger partial charge on any atom is 0.340 e. The number of hydrogen-bond donors (Lipinski definition) is 1. The molecule has 0 aromatic heterocycles. The first-order chi connectivity index (χ1) is 8.16. The Morgan fingerprint density at radius 1 is 1.53 bits per heavy atom. The first kappa shape index (κ1) is 12.2. The van der Waals surface area contributed by atoms with Gasteiger partial charge in [0, 0.05) is 17.3 Å². The highest BCUT2D eigenvalue weighted by Gasteiger charge is 2.20. The maximum atomic E-state index is 11.8. The van der Waals surface area contributed by atoms with Gasteiger partial charge in [-0.05, 0) is 31.0 Å². The molecule has 0 bridgehead atoms. The standard InChI is InChI=1S/C12H14ClNO3/c13-8-3-4-10(11(14)6-8)12(15)17-9-2-1-5-16-7-9/h3-4,6,9H,1-2,5,7,14H2. The Balaban J connectivity index is 2.03. The Labute approximate surface area is 105 Å². The summed E-state index contributed by atoms with van der Waals surface area (Å²) in [5.74, 6) is -0.422. The summed E-state index contributed by atoms with van der Waals surface area (Å²) in [6.45, 7) is 1.19. The van der Waals surface area contributed by atoms with Gasteiger partial charge in [0.1, 0.15) is 6.10 Å². The fraction of sp³-hybridized carbons (Fsp3) is 0.417. The van der Waals surface area contributed by atoms with Crippen molar-refractivity contribution in [3.8, 4) is 0 Å². The quantitative estimate of drug-likeness (QED) is 0.650. The van der Waals surface area contributed by atoms with Crippen LogP contribution in [0.15, 0.2) is 18.2 Å². The van der Waals surface area contributed by atoms with Crippen molar-refractivity contribution in [1.82, 2.24) is 0 Å². The molecule has 0 spiro atoms. The van der Waals surface area contributed by atoms with E-state index in [9.17, 15) is 4.79 Å². The van der Waals surface area contributed by atoms with Crippen LogP contribution in [-0.2, 0) is 9.47 Å². The third-order valence-corrected chi connectivity index (χ3v) is 2.86. The lowest BCUT2D eigenvalue weighted by Gasteiger charge is -2.22. The fourth-order valence-electron chi connectivity index (χ4n) is 1.74. The SMILES string of the molecule is Nc1cc(Cl)ccc1C(=O)OC1CCCOC1. The Kier molecular flexibility index (Phi) is 3.86. The number of rotatable bonds is 2. The Morgan fingerprint density at radius 3 is 3.00 bits per heavy atom. The van der Waals surface area contributed by atoms with Crippen LogP contribution >= 0.6 is 11.6 Å². The van der Waals surface area contributed by atoms with Gasteiger partial charge in [-0.25, -0.2) is 4.79 Å². The largest absolute Gasteiger partial charge is 0.456 e. The molecule has 1 saturated heterocycles. The van der Waals surface area contributed by atoms with Crippen molar-refractivity contribution >= 4 is 23.3 Å². The molecule has 1 aliphatic rings. The lowest BCUT2D eigenvalue weighted by Crippen LogP contribution is -2.28. The summed E-state index contributed by atoms with van der Waals surface area (Å²) in [4.78, 5) is 11.8. The first-order valence-corrected chi connectivity index (χ1v) is 5.88. The summed E-state index contributed by atoms with van der Waals surface area (Å²) in [5.41, 5.74) is 6.39. The number of carbonyl (C=O) groups is 1. The van der Waals surface area contributed by atoms with Crippen LogP contribution in [0.3, 0.4) is 0 Å². The first-order valence-electron chi connectivity index (χ1n) is 5.50. The third-order valence-electron chi connectivity index (χ3n) is 2.63. The minimum absolute atomic E-state index is 0.175. The number of anilines is 1. The topological polar surface area (TPSA) is 61.6 Å². The van der Waals surface area contributed by atoms with E-state index in [-0.39, 0.29) is 6.10 Å². The smallest absolute Gasteiger partial charge is 0.340 e. The molecule has 5 heteroatoms. The number of hydrogen-bond acceptors (Lipinski definition) is 4. The van der Waals surface area contributed by atoms with Crippen molar-refractivity contribution in [1.29, 1.82) is 0 Å². The van der Waals surface area contributed by atoms with Crippen LogP contribution in [0.2, 0.25) is 5.02 Å². The summed E-state index contributed by atoms with van der Waals surface area (Å²) in [5, 5.41) is 0.500. The molecule has 0 aliphatic carbocycles. The molecule has 2 N–H and O–H groups in total. The van der Waals surface area contributed by atoms with Gasteiger partial charge in [0.2, 0.25) is 0 Å². The zero-order chi connectivity index (χ0) is 12.3. The average molecular weight is 256 g/mol. The fourth-order valence-corrected chi connectivity index (χ4v) is 1.92. The van der Waals surface area contributed by atoms with Gasteiger partial charge in [-0.15, -0.1) is 0 Å². The monoisotopic (exact) mass is 255 g/mol. The number of halogens is 1.